The SMILES string of the molecule is CCOC(=O)N1CCN(C(=O)COc2ccc(N(Cc3ccccc3F)S(C)(=O)=O)cc2)CC1. The minimum absolute atomic E-state index is 0.151. The predicted molar refractivity (Wildman–Crippen MR) is 125 cm³/mol. The largest absolute Gasteiger partial charge is 0.484 e. The van der Waals surface area contributed by atoms with Crippen molar-refractivity contribution < 1.29 is 31.9 Å². The second-order valence-corrected chi connectivity index (χ2v) is 9.62. The van der Waals surface area contributed by atoms with Crippen molar-refractivity contribution in [2.75, 3.05) is 50.0 Å². The van der Waals surface area contributed by atoms with Crippen LogP contribution in [-0.4, -0.2) is 75.9 Å². The van der Waals surface area contributed by atoms with Crippen LogP contribution in [0.1, 0.15) is 12.5 Å². The highest BCUT2D eigenvalue weighted by Crippen LogP contribution is 2.24. The average Bonchev–Trinajstić information content (AvgIpc) is 2.82. The molecule has 2 aromatic rings. The Labute approximate surface area is 198 Å². The van der Waals surface area contributed by atoms with Gasteiger partial charge in [-0.05, 0) is 37.3 Å². The maximum Gasteiger partial charge on any atom is 0.409 e. The molecule has 9 nitrogen and oxygen atoms in total. The smallest absolute Gasteiger partial charge is 0.409 e. The number of rotatable bonds is 8. The van der Waals surface area contributed by atoms with Crippen LogP contribution in [-0.2, 0) is 26.1 Å². The molecule has 0 aromatic heterocycles. The summed E-state index contributed by atoms with van der Waals surface area (Å²) < 4.78 is 50.3. The monoisotopic (exact) mass is 493 g/mol. The highest BCUT2D eigenvalue weighted by atomic mass is 32.2. The van der Waals surface area contributed by atoms with Gasteiger partial charge in [-0.25, -0.2) is 17.6 Å². The van der Waals surface area contributed by atoms with Gasteiger partial charge in [-0.3, -0.25) is 9.10 Å². The summed E-state index contributed by atoms with van der Waals surface area (Å²) in [6.07, 6.45) is 0.669. The summed E-state index contributed by atoms with van der Waals surface area (Å²) >= 11 is 0. The van der Waals surface area contributed by atoms with Crippen LogP contribution in [0, 0.1) is 5.82 Å². The summed E-state index contributed by atoms with van der Waals surface area (Å²) in [5.74, 6) is -0.316. The number of anilines is 1. The highest BCUT2D eigenvalue weighted by Gasteiger charge is 2.25. The Hall–Kier alpha value is -3.34. The molecule has 1 fully saturated rings. The van der Waals surface area contributed by atoms with E-state index in [0.29, 0.717) is 44.2 Å². The van der Waals surface area contributed by atoms with Crippen LogP contribution in [0.2, 0.25) is 0 Å². The van der Waals surface area contributed by atoms with E-state index in [1.165, 1.54) is 18.2 Å². The van der Waals surface area contributed by atoms with Gasteiger partial charge in [0.2, 0.25) is 10.0 Å². The van der Waals surface area contributed by atoms with Crippen LogP contribution in [0.25, 0.3) is 0 Å². The molecule has 3 rings (SSSR count). The van der Waals surface area contributed by atoms with Crippen LogP contribution in [0.5, 0.6) is 5.75 Å². The summed E-state index contributed by atoms with van der Waals surface area (Å²) in [5.41, 5.74) is 0.599. The molecule has 0 N–H and O–H groups in total. The second kappa shape index (κ2) is 11.2. The summed E-state index contributed by atoms with van der Waals surface area (Å²) in [7, 11) is -3.67. The number of piperazine rings is 1. The standard InChI is InChI=1S/C23H28FN3O6S/c1-3-32-23(29)26-14-12-25(13-15-26)22(28)17-33-20-10-8-19(9-11-20)27(34(2,30)31)16-18-6-4-5-7-21(18)24/h4-11H,3,12-17H2,1-2H3. The van der Waals surface area contributed by atoms with Gasteiger partial charge < -0.3 is 19.3 Å². The van der Waals surface area contributed by atoms with E-state index in [-0.39, 0.29) is 30.7 Å². The van der Waals surface area contributed by atoms with Gasteiger partial charge in [0, 0.05) is 31.7 Å². The normalized spacial score (nSPS) is 14.0. The van der Waals surface area contributed by atoms with E-state index < -0.39 is 15.8 Å². The van der Waals surface area contributed by atoms with Crippen LogP contribution in [0.3, 0.4) is 0 Å². The van der Waals surface area contributed by atoms with Gasteiger partial charge in [-0.15, -0.1) is 0 Å². The molecule has 1 heterocycles. The zero-order valence-electron chi connectivity index (χ0n) is 19.1. The molecule has 2 amide bonds. The molecule has 0 radical (unpaired) electrons. The molecule has 0 bridgehead atoms. The van der Waals surface area contributed by atoms with Gasteiger partial charge >= 0.3 is 6.09 Å². The predicted octanol–water partition coefficient (Wildman–Crippen LogP) is 2.47. The fourth-order valence-electron chi connectivity index (χ4n) is 3.48. The number of amides is 2. The Morgan fingerprint density at radius 2 is 1.62 bits per heavy atom. The lowest BCUT2D eigenvalue weighted by atomic mass is 10.2. The fraction of sp³-hybridized carbons (Fsp3) is 0.391. The average molecular weight is 494 g/mol. The van der Waals surface area contributed by atoms with Crippen molar-refractivity contribution in [3.8, 4) is 5.75 Å². The topological polar surface area (TPSA) is 96.5 Å². The Kier molecular flexibility index (Phi) is 8.32. The number of ether oxygens (including phenoxy) is 2. The van der Waals surface area contributed by atoms with Gasteiger partial charge in [0.05, 0.1) is 25.1 Å². The first-order valence-electron chi connectivity index (χ1n) is 10.8. The van der Waals surface area contributed by atoms with Gasteiger partial charge in [-0.2, -0.15) is 0 Å². The molecule has 2 aromatic carbocycles. The van der Waals surface area contributed by atoms with Gasteiger partial charge in [0.1, 0.15) is 11.6 Å². The zero-order chi connectivity index (χ0) is 24.7. The third-order valence-electron chi connectivity index (χ3n) is 5.32. The Balaban J connectivity index is 1.57. The number of hydrogen-bond acceptors (Lipinski definition) is 6. The fourth-order valence-corrected chi connectivity index (χ4v) is 4.36. The van der Waals surface area contributed by atoms with Crippen molar-refractivity contribution in [1.82, 2.24) is 9.80 Å². The number of carbonyl (C=O) groups excluding carboxylic acids is 2. The Morgan fingerprint density at radius 3 is 2.21 bits per heavy atom. The minimum Gasteiger partial charge on any atom is -0.484 e. The van der Waals surface area contributed by atoms with Crippen LogP contribution >= 0.6 is 0 Å². The van der Waals surface area contributed by atoms with Crippen molar-refractivity contribution in [2.24, 2.45) is 0 Å². The molecule has 11 heteroatoms. The quantitative estimate of drug-likeness (QED) is 0.561. The van der Waals surface area contributed by atoms with E-state index in [2.05, 4.69) is 0 Å². The number of nitrogens with zero attached hydrogens (tertiary/aromatic N) is 3. The van der Waals surface area contributed by atoms with Crippen molar-refractivity contribution in [3.63, 3.8) is 0 Å². The van der Waals surface area contributed by atoms with Crippen molar-refractivity contribution in [2.45, 2.75) is 13.5 Å². The van der Waals surface area contributed by atoms with Crippen LogP contribution < -0.4 is 9.04 Å². The van der Waals surface area contributed by atoms with Crippen LogP contribution in [0.15, 0.2) is 48.5 Å². The van der Waals surface area contributed by atoms with Crippen molar-refractivity contribution >= 4 is 27.7 Å². The van der Waals surface area contributed by atoms with E-state index in [0.717, 1.165) is 10.6 Å². The van der Waals surface area contributed by atoms with Crippen molar-refractivity contribution in [3.05, 3.63) is 59.9 Å². The summed E-state index contributed by atoms with van der Waals surface area (Å²) in [5, 5.41) is 0. The van der Waals surface area contributed by atoms with Gasteiger partial charge in [0.15, 0.2) is 6.61 Å². The summed E-state index contributed by atoms with van der Waals surface area (Å²) in [6.45, 7) is 3.26. The molecule has 34 heavy (non-hydrogen) atoms. The molecule has 0 unspecified atom stereocenters. The van der Waals surface area contributed by atoms with Crippen molar-refractivity contribution in [1.29, 1.82) is 0 Å². The molecule has 0 aliphatic carbocycles. The maximum absolute atomic E-state index is 14.0. The molecule has 1 aliphatic rings. The maximum atomic E-state index is 14.0. The lowest BCUT2D eigenvalue weighted by Gasteiger charge is -2.33. The zero-order valence-corrected chi connectivity index (χ0v) is 20.0. The van der Waals surface area contributed by atoms with E-state index in [4.69, 9.17) is 9.47 Å². The summed E-state index contributed by atoms with van der Waals surface area (Å²) in [6, 6.07) is 12.2. The van der Waals surface area contributed by atoms with E-state index in [1.807, 2.05) is 0 Å². The Bertz CT molecular complexity index is 1100. The highest BCUT2D eigenvalue weighted by molar-refractivity contribution is 7.92. The molecular weight excluding hydrogens is 465 g/mol. The first-order chi connectivity index (χ1) is 16.2. The molecule has 1 saturated heterocycles. The minimum atomic E-state index is -3.67. The second-order valence-electron chi connectivity index (χ2n) is 7.71. The lowest BCUT2D eigenvalue weighted by Crippen LogP contribution is -2.51. The number of benzene rings is 2. The molecular formula is C23H28FN3O6S. The molecule has 0 atom stereocenters. The molecule has 1 aliphatic heterocycles. The molecule has 0 saturated carbocycles. The third kappa shape index (κ3) is 6.60. The van der Waals surface area contributed by atoms with Gasteiger partial charge in [-0.1, -0.05) is 18.2 Å². The van der Waals surface area contributed by atoms with E-state index >= 15 is 0 Å². The number of hydrogen-bond donors (Lipinski definition) is 0. The molecule has 184 valence electrons. The number of halogens is 1. The number of carbonyl (C=O) groups is 2. The summed E-state index contributed by atoms with van der Waals surface area (Å²) in [4.78, 5) is 27.4. The van der Waals surface area contributed by atoms with E-state index in [1.54, 1.807) is 47.1 Å². The van der Waals surface area contributed by atoms with Crippen LogP contribution in [0.4, 0.5) is 14.9 Å². The Morgan fingerprint density at radius 1 is 1.00 bits per heavy atom. The lowest BCUT2D eigenvalue weighted by molar-refractivity contribution is -0.134. The first-order valence-corrected chi connectivity index (χ1v) is 12.7. The third-order valence-corrected chi connectivity index (χ3v) is 6.46. The van der Waals surface area contributed by atoms with Gasteiger partial charge in [0.25, 0.3) is 5.91 Å². The molecule has 0 spiro atoms. The van der Waals surface area contributed by atoms with E-state index in [9.17, 15) is 22.4 Å². The number of sulfonamides is 1. The first kappa shape index (κ1) is 25.3.